The van der Waals surface area contributed by atoms with Gasteiger partial charge in [0.25, 0.3) is 0 Å². The summed E-state index contributed by atoms with van der Waals surface area (Å²) in [6, 6.07) is 1.70. The van der Waals surface area contributed by atoms with E-state index in [-0.39, 0.29) is 12.5 Å². The lowest BCUT2D eigenvalue weighted by Gasteiger charge is -2.07. The van der Waals surface area contributed by atoms with Crippen LogP contribution in [-0.4, -0.2) is 20.9 Å². The lowest BCUT2D eigenvalue weighted by molar-refractivity contribution is -0.137. The minimum absolute atomic E-state index is 0.00650. The summed E-state index contributed by atoms with van der Waals surface area (Å²) in [5, 5.41) is 20.9. The second kappa shape index (κ2) is 3.72. The fourth-order valence-corrected chi connectivity index (χ4v) is 0.983. The highest BCUT2D eigenvalue weighted by molar-refractivity contribution is 5.67. The monoisotopic (exact) mass is 179 g/mol. The number of nitrogens with zero attached hydrogens (tertiary/aromatic N) is 3. The van der Waals surface area contributed by atoms with Crippen molar-refractivity contribution < 1.29 is 9.90 Å². The van der Waals surface area contributed by atoms with Gasteiger partial charge in [0.05, 0.1) is 24.2 Å². The van der Waals surface area contributed by atoms with Gasteiger partial charge >= 0.3 is 5.97 Å². The van der Waals surface area contributed by atoms with E-state index in [9.17, 15) is 4.79 Å². The van der Waals surface area contributed by atoms with Crippen molar-refractivity contribution in [2.75, 3.05) is 0 Å². The van der Waals surface area contributed by atoms with Gasteiger partial charge in [0.15, 0.2) is 0 Å². The van der Waals surface area contributed by atoms with Crippen molar-refractivity contribution in [3.05, 3.63) is 18.0 Å². The van der Waals surface area contributed by atoms with Gasteiger partial charge in [-0.2, -0.15) is 10.4 Å². The summed E-state index contributed by atoms with van der Waals surface area (Å²) in [5.74, 6) is -0.874. The maximum Gasteiger partial charge on any atom is 0.305 e. The highest BCUT2D eigenvalue weighted by Gasteiger charge is 2.10. The molecule has 1 N–H and O–H groups in total. The summed E-state index contributed by atoms with van der Waals surface area (Å²) in [4.78, 5) is 10.4. The number of rotatable bonds is 3. The first-order valence-electron chi connectivity index (χ1n) is 3.79. The molecule has 0 bridgehead atoms. The van der Waals surface area contributed by atoms with Crippen molar-refractivity contribution in [3.63, 3.8) is 0 Å². The molecule has 0 aliphatic carbocycles. The van der Waals surface area contributed by atoms with Gasteiger partial charge in [-0.15, -0.1) is 0 Å². The lowest BCUT2D eigenvalue weighted by atomic mass is 10.2. The van der Waals surface area contributed by atoms with E-state index < -0.39 is 5.97 Å². The van der Waals surface area contributed by atoms with Gasteiger partial charge in [-0.1, -0.05) is 0 Å². The van der Waals surface area contributed by atoms with Crippen LogP contribution in [0.15, 0.2) is 12.4 Å². The summed E-state index contributed by atoms with van der Waals surface area (Å²) >= 11 is 0. The standard InChI is InChI=1S/C8H9N3O2/c1-6(2-8(12)13)11-5-7(3-9)4-10-11/h4-6H,2H2,1H3,(H,12,13). The first-order valence-corrected chi connectivity index (χ1v) is 3.79. The smallest absolute Gasteiger partial charge is 0.305 e. The van der Waals surface area contributed by atoms with Gasteiger partial charge < -0.3 is 5.11 Å². The SMILES string of the molecule is CC(CC(=O)O)n1cc(C#N)cn1. The highest BCUT2D eigenvalue weighted by atomic mass is 16.4. The Bertz CT molecular complexity index is 351. The molecule has 1 heterocycles. The molecule has 1 rings (SSSR count). The Morgan fingerprint density at radius 1 is 1.92 bits per heavy atom. The van der Waals surface area contributed by atoms with Crippen LogP contribution in [0.1, 0.15) is 24.9 Å². The van der Waals surface area contributed by atoms with Crippen LogP contribution in [0.4, 0.5) is 0 Å². The number of hydrogen-bond acceptors (Lipinski definition) is 3. The zero-order valence-electron chi connectivity index (χ0n) is 7.14. The van der Waals surface area contributed by atoms with E-state index in [2.05, 4.69) is 5.10 Å². The van der Waals surface area contributed by atoms with Crippen LogP contribution < -0.4 is 0 Å². The molecule has 5 nitrogen and oxygen atoms in total. The third-order valence-corrected chi connectivity index (χ3v) is 1.65. The Morgan fingerprint density at radius 3 is 3.08 bits per heavy atom. The number of carboxylic acid groups (broad SMARTS) is 1. The molecule has 1 unspecified atom stereocenters. The minimum atomic E-state index is -0.874. The van der Waals surface area contributed by atoms with Crippen molar-refractivity contribution in [1.82, 2.24) is 9.78 Å². The maximum atomic E-state index is 10.4. The molecule has 0 spiro atoms. The summed E-state index contributed by atoms with van der Waals surface area (Å²) in [5.41, 5.74) is 0.442. The average Bonchev–Trinajstić information content (AvgIpc) is 2.50. The predicted octanol–water partition coefficient (Wildman–Crippen LogP) is 0.790. The zero-order valence-corrected chi connectivity index (χ0v) is 7.14. The van der Waals surface area contributed by atoms with E-state index in [1.807, 2.05) is 6.07 Å². The number of hydrogen-bond donors (Lipinski definition) is 1. The molecule has 0 radical (unpaired) electrons. The highest BCUT2D eigenvalue weighted by Crippen LogP contribution is 2.09. The Balaban J connectivity index is 2.72. The molecule has 68 valence electrons. The topological polar surface area (TPSA) is 78.9 Å². The van der Waals surface area contributed by atoms with Crippen LogP contribution in [0, 0.1) is 11.3 Å². The number of aromatic nitrogens is 2. The van der Waals surface area contributed by atoms with Crippen LogP contribution in [-0.2, 0) is 4.79 Å². The van der Waals surface area contributed by atoms with E-state index in [1.165, 1.54) is 17.1 Å². The van der Waals surface area contributed by atoms with Gasteiger partial charge in [0, 0.05) is 6.20 Å². The summed E-state index contributed by atoms with van der Waals surface area (Å²) in [6.45, 7) is 1.74. The fourth-order valence-electron chi connectivity index (χ4n) is 0.983. The molecule has 0 saturated carbocycles. The third kappa shape index (κ3) is 2.30. The second-order valence-electron chi connectivity index (χ2n) is 2.77. The Labute approximate surface area is 75.2 Å². The molecule has 0 aromatic carbocycles. The number of carboxylic acids is 1. The lowest BCUT2D eigenvalue weighted by Crippen LogP contribution is -2.10. The second-order valence-corrected chi connectivity index (χ2v) is 2.77. The molecule has 1 aromatic heterocycles. The van der Waals surface area contributed by atoms with Crippen molar-refractivity contribution >= 4 is 5.97 Å². The maximum absolute atomic E-state index is 10.4. The van der Waals surface area contributed by atoms with E-state index in [0.717, 1.165) is 0 Å². The van der Waals surface area contributed by atoms with Crippen molar-refractivity contribution in [2.45, 2.75) is 19.4 Å². The predicted molar refractivity (Wildman–Crippen MR) is 43.9 cm³/mol. The van der Waals surface area contributed by atoms with Crippen LogP contribution in [0.2, 0.25) is 0 Å². The molecule has 0 aliphatic rings. The molecular formula is C8H9N3O2. The van der Waals surface area contributed by atoms with Gasteiger partial charge in [-0.25, -0.2) is 0 Å². The minimum Gasteiger partial charge on any atom is -0.481 e. The average molecular weight is 179 g/mol. The molecular weight excluding hydrogens is 170 g/mol. The van der Waals surface area contributed by atoms with Crippen LogP contribution in [0.3, 0.4) is 0 Å². The number of carbonyl (C=O) groups is 1. The largest absolute Gasteiger partial charge is 0.481 e. The Hall–Kier alpha value is -1.83. The number of aliphatic carboxylic acids is 1. The normalized spacial score (nSPS) is 12.0. The molecule has 0 saturated heterocycles. The number of nitriles is 1. The first kappa shape index (κ1) is 9.26. The molecule has 1 atom stereocenters. The third-order valence-electron chi connectivity index (χ3n) is 1.65. The fraction of sp³-hybridized carbons (Fsp3) is 0.375. The Kier molecular flexibility index (Phi) is 2.65. The van der Waals surface area contributed by atoms with Crippen molar-refractivity contribution in [3.8, 4) is 6.07 Å². The molecule has 1 aromatic rings. The van der Waals surface area contributed by atoms with E-state index in [1.54, 1.807) is 6.92 Å². The molecule has 13 heavy (non-hydrogen) atoms. The van der Waals surface area contributed by atoms with Gasteiger partial charge in [0.2, 0.25) is 0 Å². The van der Waals surface area contributed by atoms with Crippen LogP contribution in [0.5, 0.6) is 0 Å². The summed E-state index contributed by atoms with van der Waals surface area (Å²) in [7, 11) is 0. The van der Waals surface area contributed by atoms with Gasteiger partial charge in [0.1, 0.15) is 6.07 Å². The molecule has 5 heteroatoms. The Morgan fingerprint density at radius 2 is 2.62 bits per heavy atom. The van der Waals surface area contributed by atoms with Crippen LogP contribution >= 0.6 is 0 Å². The van der Waals surface area contributed by atoms with Crippen molar-refractivity contribution in [2.24, 2.45) is 0 Å². The zero-order chi connectivity index (χ0) is 9.84. The van der Waals surface area contributed by atoms with E-state index in [0.29, 0.717) is 5.56 Å². The molecule has 0 aliphatic heterocycles. The van der Waals surface area contributed by atoms with E-state index in [4.69, 9.17) is 10.4 Å². The molecule has 0 amide bonds. The van der Waals surface area contributed by atoms with Crippen molar-refractivity contribution in [1.29, 1.82) is 5.26 Å². The molecule has 0 fully saturated rings. The van der Waals surface area contributed by atoms with Gasteiger partial charge in [-0.3, -0.25) is 9.48 Å². The summed E-state index contributed by atoms with van der Waals surface area (Å²) in [6.07, 6.45) is 2.96. The van der Waals surface area contributed by atoms with E-state index >= 15 is 0 Å². The first-order chi connectivity index (χ1) is 6.13. The quantitative estimate of drug-likeness (QED) is 0.743. The van der Waals surface area contributed by atoms with Crippen LogP contribution in [0.25, 0.3) is 0 Å². The summed E-state index contributed by atoms with van der Waals surface area (Å²) < 4.78 is 1.48. The van der Waals surface area contributed by atoms with Gasteiger partial charge in [-0.05, 0) is 6.92 Å².